The normalized spacial score (nSPS) is 10.3. The minimum Gasteiger partial charge on any atom is -0.507 e. The van der Waals surface area contributed by atoms with Gasteiger partial charge in [0.2, 0.25) is 0 Å². The lowest BCUT2D eigenvalue weighted by Crippen LogP contribution is -2.13. The Balaban J connectivity index is 2.33. The van der Waals surface area contributed by atoms with E-state index in [1.807, 2.05) is 19.1 Å². The number of rotatable bonds is 3. The van der Waals surface area contributed by atoms with Crippen LogP contribution in [-0.2, 0) is 6.42 Å². The molecule has 0 saturated heterocycles. The SMILES string of the molecule is CCc1cc(Br)ccc1NC(=O)c1c(O)cccc1O. The first-order valence-corrected chi connectivity index (χ1v) is 6.93. The number of phenolic OH excluding ortho intramolecular Hbond substituents is 2. The van der Waals surface area contributed by atoms with Crippen LogP contribution < -0.4 is 5.32 Å². The van der Waals surface area contributed by atoms with E-state index in [1.165, 1.54) is 18.2 Å². The van der Waals surface area contributed by atoms with Crippen molar-refractivity contribution in [3.63, 3.8) is 0 Å². The molecule has 0 radical (unpaired) electrons. The summed E-state index contributed by atoms with van der Waals surface area (Å²) in [5, 5.41) is 22.1. The minimum absolute atomic E-state index is 0.127. The van der Waals surface area contributed by atoms with Crippen molar-refractivity contribution >= 4 is 27.5 Å². The molecule has 0 aliphatic heterocycles. The quantitative estimate of drug-likeness (QED) is 0.801. The molecule has 0 atom stereocenters. The number of benzene rings is 2. The van der Waals surface area contributed by atoms with Gasteiger partial charge in [0.05, 0.1) is 0 Å². The molecule has 0 heterocycles. The second-order valence-electron chi connectivity index (χ2n) is 4.28. The van der Waals surface area contributed by atoms with Gasteiger partial charge in [0.1, 0.15) is 17.1 Å². The summed E-state index contributed by atoms with van der Waals surface area (Å²) in [4.78, 5) is 12.2. The van der Waals surface area contributed by atoms with Gasteiger partial charge in [-0.2, -0.15) is 0 Å². The van der Waals surface area contributed by atoms with E-state index < -0.39 is 5.91 Å². The number of carbonyl (C=O) groups excluding carboxylic acids is 1. The van der Waals surface area contributed by atoms with E-state index in [0.717, 1.165) is 16.5 Å². The molecular weight excluding hydrogens is 322 g/mol. The summed E-state index contributed by atoms with van der Waals surface area (Å²) in [7, 11) is 0. The first-order valence-electron chi connectivity index (χ1n) is 6.13. The van der Waals surface area contributed by atoms with Gasteiger partial charge in [-0.25, -0.2) is 0 Å². The summed E-state index contributed by atoms with van der Waals surface area (Å²) >= 11 is 3.38. The summed E-state index contributed by atoms with van der Waals surface area (Å²) < 4.78 is 0.928. The summed E-state index contributed by atoms with van der Waals surface area (Å²) in [5.41, 5.74) is 1.49. The third kappa shape index (κ3) is 2.93. The monoisotopic (exact) mass is 335 g/mol. The van der Waals surface area contributed by atoms with Crippen molar-refractivity contribution in [3.05, 3.63) is 52.0 Å². The number of phenols is 2. The van der Waals surface area contributed by atoms with Crippen molar-refractivity contribution in [2.24, 2.45) is 0 Å². The highest BCUT2D eigenvalue weighted by molar-refractivity contribution is 9.10. The molecule has 0 aliphatic rings. The average Bonchev–Trinajstić information content (AvgIpc) is 2.40. The zero-order valence-electron chi connectivity index (χ0n) is 10.9. The van der Waals surface area contributed by atoms with Gasteiger partial charge in [0.25, 0.3) is 5.91 Å². The van der Waals surface area contributed by atoms with Crippen molar-refractivity contribution in [2.75, 3.05) is 5.32 Å². The highest BCUT2D eigenvalue weighted by Crippen LogP contribution is 2.28. The molecule has 2 rings (SSSR count). The van der Waals surface area contributed by atoms with Crippen LogP contribution in [-0.4, -0.2) is 16.1 Å². The minimum atomic E-state index is -0.544. The van der Waals surface area contributed by atoms with Crippen LogP contribution in [0.1, 0.15) is 22.8 Å². The Hall–Kier alpha value is -2.01. The van der Waals surface area contributed by atoms with Crippen molar-refractivity contribution in [2.45, 2.75) is 13.3 Å². The lowest BCUT2D eigenvalue weighted by Gasteiger charge is -2.12. The predicted octanol–water partition coefficient (Wildman–Crippen LogP) is 3.68. The molecule has 4 nitrogen and oxygen atoms in total. The van der Waals surface area contributed by atoms with E-state index in [4.69, 9.17) is 0 Å². The number of anilines is 1. The van der Waals surface area contributed by atoms with Gasteiger partial charge in [-0.15, -0.1) is 0 Å². The van der Waals surface area contributed by atoms with Crippen LogP contribution in [0.3, 0.4) is 0 Å². The largest absolute Gasteiger partial charge is 0.507 e. The van der Waals surface area contributed by atoms with Crippen LogP contribution in [0, 0.1) is 0 Å². The smallest absolute Gasteiger partial charge is 0.263 e. The molecule has 2 aromatic carbocycles. The standard InChI is InChI=1S/C15H14BrNO3/c1-2-9-8-10(16)6-7-11(9)17-15(20)14-12(18)4-3-5-13(14)19/h3-8,18-19H,2H2,1H3,(H,17,20). The van der Waals surface area contributed by atoms with Crippen LogP contribution in [0.2, 0.25) is 0 Å². The van der Waals surface area contributed by atoms with Crippen LogP contribution in [0.25, 0.3) is 0 Å². The fourth-order valence-electron chi connectivity index (χ4n) is 1.92. The highest BCUT2D eigenvalue weighted by Gasteiger charge is 2.17. The summed E-state index contributed by atoms with van der Waals surface area (Å²) in [5.74, 6) is -1.05. The Morgan fingerprint density at radius 1 is 1.20 bits per heavy atom. The second kappa shape index (κ2) is 5.96. The van der Waals surface area contributed by atoms with Crippen molar-refractivity contribution in [1.29, 1.82) is 0 Å². The van der Waals surface area contributed by atoms with Crippen LogP contribution in [0.4, 0.5) is 5.69 Å². The second-order valence-corrected chi connectivity index (χ2v) is 5.20. The highest BCUT2D eigenvalue weighted by atomic mass is 79.9. The molecule has 0 unspecified atom stereocenters. The average molecular weight is 336 g/mol. The molecule has 0 saturated carbocycles. The number of halogens is 1. The van der Waals surface area contributed by atoms with Gasteiger partial charge in [-0.3, -0.25) is 4.79 Å². The molecule has 104 valence electrons. The van der Waals surface area contributed by atoms with Crippen molar-refractivity contribution in [1.82, 2.24) is 0 Å². The molecule has 0 bridgehead atoms. The number of aromatic hydroxyl groups is 2. The van der Waals surface area contributed by atoms with Crippen molar-refractivity contribution in [3.8, 4) is 11.5 Å². The molecular formula is C15H14BrNO3. The molecule has 5 heteroatoms. The topological polar surface area (TPSA) is 69.6 Å². The molecule has 0 fully saturated rings. The molecule has 0 aliphatic carbocycles. The lowest BCUT2D eigenvalue weighted by molar-refractivity contribution is 0.102. The van der Waals surface area contributed by atoms with Gasteiger partial charge < -0.3 is 15.5 Å². The molecule has 2 aromatic rings. The first-order chi connectivity index (χ1) is 9.52. The summed E-state index contributed by atoms with van der Waals surface area (Å²) in [6.07, 6.45) is 0.752. The van der Waals surface area contributed by atoms with Crippen molar-refractivity contribution < 1.29 is 15.0 Å². The van der Waals surface area contributed by atoms with Gasteiger partial charge in [-0.05, 0) is 42.3 Å². The van der Waals surface area contributed by atoms with E-state index in [2.05, 4.69) is 21.2 Å². The fraction of sp³-hybridized carbons (Fsp3) is 0.133. The molecule has 20 heavy (non-hydrogen) atoms. The number of nitrogens with one attached hydrogen (secondary N) is 1. The zero-order valence-corrected chi connectivity index (χ0v) is 12.4. The van der Waals surface area contributed by atoms with Crippen LogP contribution in [0.5, 0.6) is 11.5 Å². The molecule has 1 amide bonds. The maximum Gasteiger partial charge on any atom is 0.263 e. The summed E-state index contributed by atoms with van der Waals surface area (Å²) in [6.45, 7) is 1.98. The number of hydrogen-bond acceptors (Lipinski definition) is 3. The number of aryl methyl sites for hydroxylation is 1. The predicted molar refractivity (Wildman–Crippen MR) is 81.2 cm³/mol. The van der Waals surface area contributed by atoms with Gasteiger partial charge >= 0.3 is 0 Å². The molecule has 0 aromatic heterocycles. The summed E-state index contributed by atoms with van der Waals surface area (Å²) in [6, 6.07) is 9.70. The van der Waals surface area contributed by atoms with E-state index in [0.29, 0.717) is 5.69 Å². The van der Waals surface area contributed by atoms with Crippen LogP contribution in [0.15, 0.2) is 40.9 Å². The Bertz CT molecular complexity index is 635. The van der Waals surface area contributed by atoms with E-state index >= 15 is 0 Å². The maximum atomic E-state index is 12.2. The first kappa shape index (κ1) is 14.4. The Kier molecular flexibility index (Phi) is 4.29. The van der Waals surface area contributed by atoms with Gasteiger partial charge in [0, 0.05) is 10.2 Å². The third-order valence-corrected chi connectivity index (χ3v) is 3.44. The third-order valence-electron chi connectivity index (χ3n) is 2.94. The van der Waals surface area contributed by atoms with Gasteiger partial charge in [0.15, 0.2) is 0 Å². The Labute approximate surface area is 125 Å². The lowest BCUT2D eigenvalue weighted by atomic mass is 10.1. The fourth-order valence-corrected chi connectivity index (χ4v) is 2.33. The maximum absolute atomic E-state index is 12.2. The van der Waals surface area contributed by atoms with E-state index in [9.17, 15) is 15.0 Å². The Morgan fingerprint density at radius 2 is 1.85 bits per heavy atom. The van der Waals surface area contributed by atoms with Crippen LogP contribution >= 0.6 is 15.9 Å². The Morgan fingerprint density at radius 3 is 2.45 bits per heavy atom. The number of hydrogen-bond donors (Lipinski definition) is 3. The van der Waals surface area contributed by atoms with Gasteiger partial charge in [-0.1, -0.05) is 28.9 Å². The zero-order chi connectivity index (χ0) is 14.7. The van der Waals surface area contributed by atoms with E-state index in [-0.39, 0.29) is 17.1 Å². The molecule has 0 spiro atoms. The number of amides is 1. The van der Waals surface area contributed by atoms with E-state index in [1.54, 1.807) is 6.07 Å². The molecule has 3 N–H and O–H groups in total. The number of carbonyl (C=O) groups is 1.